The van der Waals surface area contributed by atoms with E-state index in [4.69, 9.17) is 0 Å². The molecule has 0 N–H and O–H groups in total. The number of fused-ring (bicyclic) bond motifs is 8. The van der Waals surface area contributed by atoms with Crippen LogP contribution in [0.2, 0.25) is 0 Å². The molecule has 0 bridgehead atoms. The van der Waals surface area contributed by atoms with Gasteiger partial charge in [0.25, 0.3) is 0 Å². The molecule has 0 heterocycles. The third-order valence-corrected chi connectivity index (χ3v) is 4.44. The second-order valence-electron chi connectivity index (χ2n) is 5.57. The van der Waals surface area contributed by atoms with Crippen LogP contribution in [0, 0.1) is 23.3 Å². The Bertz CT molecular complexity index is 1020. The highest BCUT2D eigenvalue weighted by atomic mass is 19.2. The van der Waals surface area contributed by atoms with E-state index < -0.39 is 23.3 Å². The molecular weight excluding hydrogens is 292 g/mol. The second kappa shape index (κ2) is 3.58. The molecule has 0 aromatic heterocycles. The molecule has 0 atom stereocenters. The standard InChI is InChI=1S/C18H6F4/c19-15-3-11-7-1-8-10(2-9(7)13(11)5-17(15)21)14-6-18(22)16(20)4-12(8)14/h1-6H. The summed E-state index contributed by atoms with van der Waals surface area (Å²) >= 11 is 0. The summed E-state index contributed by atoms with van der Waals surface area (Å²) in [6, 6.07) is 8.33. The summed E-state index contributed by atoms with van der Waals surface area (Å²) in [5.74, 6) is -3.55. The van der Waals surface area contributed by atoms with Gasteiger partial charge in [-0.3, -0.25) is 0 Å². The van der Waals surface area contributed by atoms with Gasteiger partial charge in [0.2, 0.25) is 0 Å². The molecule has 0 unspecified atom stereocenters. The van der Waals surface area contributed by atoms with E-state index in [1.165, 1.54) is 24.3 Å². The Morgan fingerprint density at radius 1 is 0.318 bits per heavy atom. The van der Waals surface area contributed by atoms with Crippen LogP contribution in [-0.2, 0) is 0 Å². The highest BCUT2D eigenvalue weighted by Crippen LogP contribution is 2.44. The van der Waals surface area contributed by atoms with Crippen molar-refractivity contribution in [3.8, 4) is 0 Å². The van der Waals surface area contributed by atoms with Crippen LogP contribution >= 0.6 is 0 Å². The Hall–Kier alpha value is -2.62. The molecule has 106 valence electrons. The first-order chi connectivity index (χ1) is 10.5. The lowest BCUT2D eigenvalue weighted by Gasteiger charge is -2.18. The Labute approximate surface area is 121 Å². The predicted molar refractivity (Wildman–Crippen MR) is 78.7 cm³/mol. The normalized spacial score (nSPS) is 12.5. The quantitative estimate of drug-likeness (QED) is 0.320. The number of benzene rings is 3. The van der Waals surface area contributed by atoms with Gasteiger partial charge in [-0.1, -0.05) is 0 Å². The zero-order valence-corrected chi connectivity index (χ0v) is 11.0. The van der Waals surface area contributed by atoms with E-state index in [0.29, 0.717) is 21.5 Å². The summed E-state index contributed by atoms with van der Waals surface area (Å²) in [4.78, 5) is 0. The SMILES string of the molecule is Fc1cc2c(cc1F)c1cc3c4cc(F)c(F)cc4c3cc21. The molecule has 0 saturated carbocycles. The van der Waals surface area contributed by atoms with Crippen molar-refractivity contribution < 1.29 is 17.6 Å². The van der Waals surface area contributed by atoms with Gasteiger partial charge in [0.05, 0.1) is 0 Å². The summed E-state index contributed by atoms with van der Waals surface area (Å²) in [5.41, 5.74) is 0. The third-order valence-electron chi connectivity index (χ3n) is 4.44. The molecule has 5 rings (SSSR count). The van der Waals surface area contributed by atoms with Crippen molar-refractivity contribution in [1.82, 2.24) is 0 Å². The molecule has 0 nitrogen and oxygen atoms in total. The molecule has 5 aromatic carbocycles. The van der Waals surface area contributed by atoms with Crippen molar-refractivity contribution >= 4 is 43.1 Å². The summed E-state index contributed by atoms with van der Waals surface area (Å²) in [7, 11) is 0. The van der Waals surface area contributed by atoms with E-state index in [1.807, 2.05) is 12.1 Å². The van der Waals surface area contributed by atoms with Gasteiger partial charge in [-0.25, -0.2) is 17.6 Å². The summed E-state index contributed by atoms with van der Waals surface area (Å²) in [6.07, 6.45) is 0. The first-order valence-electron chi connectivity index (χ1n) is 6.72. The molecule has 0 fully saturated rings. The van der Waals surface area contributed by atoms with E-state index in [1.54, 1.807) is 0 Å². The van der Waals surface area contributed by atoms with E-state index in [9.17, 15) is 17.6 Å². The molecule has 22 heavy (non-hydrogen) atoms. The van der Waals surface area contributed by atoms with Gasteiger partial charge in [-0.05, 0) is 79.5 Å². The average Bonchev–Trinajstić information content (AvgIpc) is 2.50. The number of halogens is 4. The Morgan fingerprint density at radius 3 is 0.727 bits per heavy atom. The van der Waals surface area contributed by atoms with Crippen molar-refractivity contribution in [2.75, 3.05) is 0 Å². The fourth-order valence-electron chi connectivity index (χ4n) is 3.35. The summed E-state index contributed by atoms with van der Waals surface area (Å²) in [5, 5.41) is 5.82. The van der Waals surface area contributed by atoms with E-state index in [0.717, 1.165) is 21.5 Å². The summed E-state index contributed by atoms with van der Waals surface area (Å²) in [6.45, 7) is 0. The topological polar surface area (TPSA) is 0 Å². The zero-order valence-electron chi connectivity index (χ0n) is 11.0. The smallest absolute Gasteiger partial charge is 0.159 e. The predicted octanol–water partition coefficient (Wildman–Crippen LogP) is 5.73. The monoisotopic (exact) mass is 298 g/mol. The minimum absolute atomic E-state index is 0.646. The Morgan fingerprint density at radius 2 is 0.500 bits per heavy atom. The molecule has 0 radical (unpaired) electrons. The van der Waals surface area contributed by atoms with Gasteiger partial charge in [0, 0.05) is 0 Å². The van der Waals surface area contributed by atoms with Crippen LogP contribution in [0.25, 0.3) is 43.1 Å². The molecule has 0 amide bonds. The highest BCUT2D eigenvalue weighted by Gasteiger charge is 2.19. The molecule has 4 heteroatoms. The molecule has 0 aliphatic carbocycles. The van der Waals surface area contributed by atoms with E-state index >= 15 is 0 Å². The zero-order chi connectivity index (χ0) is 15.2. The minimum Gasteiger partial charge on any atom is -0.204 e. The molecule has 0 spiro atoms. The number of hydrogen-bond donors (Lipinski definition) is 0. The van der Waals surface area contributed by atoms with Crippen molar-refractivity contribution in [2.45, 2.75) is 0 Å². The fourth-order valence-corrected chi connectivity index (χ4v) is 3.35. The lowest BCUT2D eigenvalue weighted by molar-refractivity contribution is 0.511. The highest BCUT2D eigenvalue weighted by molar-refractivity contribution is 6.34. The van der Waals surface area contributed by atoms with Gasteiger partial charge in [0.1, 0.15) is 0 Å². The van der Waals surface area contributed by atoms with Gasteiger partial charge in [-0.2, -0.15) is 0 Å². The van der Waals surface area contributed by atoms with Gasteiger partial charge >= 0.3 is 0 Å². The van der Waals surface area contributed by atoms with Crippen LogP contribution < -0.4 is 0 Å². The first-order valence-corrected chi connectivity index (χ1v) is 6.72. The number of hydrogen-bond acceptors (Lipinski definition) is 0. The Balaban J connectivity index is 1.92. The minimum atomic E-state index is -0.888. The van der Waals surface area contributed by atoms with Crippen LogP contribution in [0.3, 0.4) is 0 Å². The van der Waals surface area contributed by atoms with Crippen molar-refractivity contribution in [3.05, 3.63) is 59.7 Å². The molecule has 0 aliphatic rings. The van der Waals surface area contributed by atoms with Gasteiger partial charge in [0.15, 0.2) is 23.3 Å². The average molecular weight is 298 g/mol. The maximum atomic E-state index is 13.4. The second-order valence-corrected chi connectivity index (χ2v) is 5.57. The van der Waals surface area contributed by atoms with Crippen LogP contribution in [0.4, 0.5) is 17.6 Å². The lowest BCUT2D eigenvalue weighted by Crippen LogP contribution is -1.94. The van der Waals surface area contributed by atoms with Gasteiger partial charge in [-0.15, -0.1) is 0 Å². The maximum absolute atomic E-state index is 13.4. The van der Waals surface area contributed by atoms with Crippen molar-refractivity contribution in [2.24, 2.45) is 0 Å². The molecular formula is C18H6F4. The first kappa shape index (κ1) is 12.0. The van der Waals surface area contributed by atoms with Crippen LogP contribution in [0.15, 0.2) is 36.4 Å². The Kier molecular flexibility index (Phi) is 1.95. The largest absolute Gasteiger partial charge is 0.204 e. The van der Waals surface area contributed by atoms with E-state index in [-0.39, 0.29) is 0 Å². The molecule has 0 aliphatic heterocycles. The third kappa shape index (κ3) is 1.24. The van der Waals surface area contributed by atoms with Crippen LogP contribution in [-0.4, -0.2) is 0 Å². The molecule has 0 saturated heterocycles. The van der Waals surface area contributed by atoms with Crippen molar-refractivity contribution in [1.29, 1.82) is 0 Å². The summed E-state index contributed by atoms with van der Waals surface area (Å²) < 4.78 is 53.4. The van der Waals surface area contributed by atoms with Gasteiger partial charge < -0.3 is 0 Å². The fraction of sp³-hybridized carbons (Fsp3) is 0. The lowest BCUT2D eigenvalue weighted by atomic mass is 9.86. The number of rotatable bonds is 0. The van der Waals surface area contributed by atoms with Crippen LogP contribution in [0.1, 0.15) is 0 Å². The van der Waals surface area contributed by atoms with E-state index in [2.05, 4.69) is 0 Å². The van der Waals surface area contributed by atoms with Crippen LogP contribution in [0.5, 0.6) is 0 Å². The van der Waals surface area contributed by atoms with Crippen molar-refractivity contribution in [3.63, 3.8) is 0 Å². The maximum Gasteiger partial charge on any atom is 0.159 e. The molecule has 5 aromatic rings.